The highest BCUT2D eigenvalue weighted by Gasteiger charge is 2.71. The molecule has 0 heterocycles. The lowest BCUT2D eigenvalue weighted by molar-refractivity contribution is -0.144. The highest BCUT2D eigenvalue weighted by atomic mass is 16.6. The summed E-state index contributed by atoms with van der Waals surface area (Å²) in [5.74, 6) is 0. The molecule has 0 radical (unpaired) electrons. The number of hydrogen-bond acceptors (Lipinski definition) is 4. The molecule has 3 fully saturated rings. The van der Waals surface area contributed by atoms with Crippen molar-refractivity contribution in [3.63, 3.8) is 0 Å². The van der Waals surface area contributed by atoms with Crippen molar-refractivity contribution in [2.45, 2.75) is 56.7 Å². The van der Waals surface area contributed by atoms with Gasteiger partial charge >= 0.3 is 6.09 Å². The molecular formula is C12H18N2O3. The van der Waals surface area contributed by atoms with Crippen LogP contribution in [0.15, 0.2) is 4.99 Å². The van der Waals surface area contributed by atoms with Crippen LogP contribution in [0.5, 0.6) is 0 Å². The minimum atomic E-state index is -0.479. The van der Waals surface area contributed by atoms with Gasteiger partial charge in [-0.25, -0.2) is 9.59 Å². The van der Waals surface area contributed by atoms with Crippen LogP contribution in [-0.4, -0.2) is 40.8 Å². The van der Waals surface area contributed by atoms with Gasteiger partial charge in [0.15, 0.2) is 0 Å². The molecule has 0 spiro atoms. The summed E-state index contributed by atoms with van der Waals surface area (Å²) in [6, 6.07) is 0. The zero-order chi connectivity index (χ0) is 12.9. The SMILES string of the molecule is CN(C(=O)OC(C)(C)C)C12CC(N=C=O)(C1)C2. The summed E-state index contributed by atoms with van der Waals surface area (Å²) in [4.78, 5) is 27.6. The third-order valence-electron chi connectivity index (χ3n) is 3.64. The van der Waals surface area contributed by atoms with Crippen molar-refractivity contribution in [1.82, 2.24) is 4.90 Å². The van der Waals surface area contributed by atoms with E-state index < -0.39 is 5.60 Å². The third-order valence-corrected chi connectivity index (χ3v) is 3.64. The summed E-state index contributed by atoms with van der Waals surface area (Å²) >= 11 is 0. The Morgan fingerprint density at radius 3 is 2.29 bits per heavy atom. The maximum absolute atomic E-state index is 11.9. The summed E-state index contributed by atoms with van der Waals surface area (Å²) < 4.78 is 5.32. The fourth-order valence-electron chi connectivity index (χ4n) is 2.78. The molecule has 0 aromatic carbocycles. The number of nitrogens with zero attached hydrogens (tertiary/aromatic N) is 2. The van der Waals surface area contributed by atoms with Crippen LogP contribution in [0.4, 0.5) is 4.79 Å². The second-order valence-electron chi connectivity index (χ2n) is 6.22. The van der Waals surface area contributed by atoms with Gasteiger partial charge in [0.05, 0.1) is 11.1 Å². The Labute approximate surface area is 101 Å². The Bertz CT molecular complexity index is 385. The quantitative estimate of drug-likeness (QED) is 0.545. The average molecular weight is 238 g/mol. The zero-order valence-corrected chi connectivity index (χ0v) is 10.7. The summed E-state index contributed by atoms with van der Waals surface area (Å²) in [6.07, 6.45) is 3.57. The number of amides is 1. The summed E-state index contributed by atoms with van der Waals surface area (Å²) in [6.45, 7) is 5.54. The molecule has 3 saturated carbocycles. The van der Waals surface area contributed by atoms with Gasteiger partial charge in [-0.05, 0) is 40.0 Å². The molecule has 1 amide bonds. The van der Waals surface area contributed by atoms with E-state index in [9.17, 15) is 9.59 Å². The highest BCUT2D eigenvalue weighted by Crippen LogP contribution is 2.65. The predicted molar refractivity (Wildman–Crippen MR) is 61.4 cm³/mol. The first-order valence-corrected chi connectivity index (χ1v) is 5.78. The summed E-state index contributed by atoms with van der Waals surface area (Å²) in [5.41, 5.74) is -0.839. The molecular weight excluding hydrogens is 220 g/mol. The topological polar surface area (TPSA) is 59.0 Å². The van der Waals surface area contributed by atoms with Crippen LogP contribution in [0.25, 0.3) is 0 Å². The van der Waals surface area contributed by atoms with Crippen LogP contribution in [0.2, 0.25) is 0 Å². The maximum Gasteiger partial charge on any atom is 0.410 e. The fraction of sp³-hybridized carbons (Fsp3) is 0.833. The van der Waals surface area contributed by atoms with Gasteiger partial charge in [0.1, 0.15) is 5.60 Å². The molecule has 2 bridgehead atoms. The molecule has 0 unspecified atom stereocenters. The lowest BCUT2D eigenvalue weighted by atomic mass is 9.44. The van der Waals surface area contributed by atoms with E-state index in [1.807, 2.05) is 20.8 Å². The molecule has 0 aliphatic heterocycles. The van der Waals surface area contributed by atoms with Gasteiger partial charge in [0.2, 0.25) is 6.08 Å². The van der Waals surface area contributed by atoms with Crippen molar-refractivity contribution in [3.05, 3.63) is 0 Å². The van der Waals surface area contributed by atoms with Crippen molar-refractivity contribution in [3.8, 4) is 0 Å². The number of rotatable bonds is 2. The Balaban J connectivity index is 1.94. The molecule has 5 heteroatoms. The first-order chi connectivity index (χ1) is 7.72. The van der Waals surface area contributed by atoms with E-state index >= 15 is 0 Å². The fourth-order valence-corrected chi connectivity index (χ4v) is 2.78. The Hall–Kier alpha value is -1.35. The number of carbonyl (C=O) groups excluding carboxylic acids is 2. The minimum Gasteiger partial charge on any atom is -0.444 e. The molecule has 94 valence electrons. The standard InChI is InChI=1S/C12H18N2O3/c1-10(2,3)17-9(16)14(4)12-5-11(6-12,7-12)13-8-15/h5-7H2,1-4H3. The molecule has 0 aromatic heterocycles. The lowest BCUT2D eigenvalue weighted by Crippen LogP contribution is -2.78. The van der Waals surface area contributed by atoms with Crippen LogP contribution >= 0.6 is 0 Å². The van der Waals surface area contributed by atoms with Gasteiger partial charge < -0.3 is 9.64 Å². The van der Waals surface area contributed by atoms with Crippen molar-refractivity contribution in [2.24, 2.45) is 4.99 Å². The van der Waals surface area contributed by atoms with E-state index in [4.69, 9.17) is 4.74 Å². The van der Waals surface area contributed by atoms with Gasteiger partial charge in [-0.3, -0.25) is 0 Å². The molecule has 0 aromatic rings. The first-order valence-electron chi connectivity index (χ1n) is 5.78. The Kier molecular flexibility index (Phi) is 2.37. The molecule has 0 saturated heterocycles. The molecule has 3 aliphatic rings. The second kappa shape index (κ2) is 3.33. The number of carbonyl (C=O) groups is 1. The molecule has 0 N–H and O–H groups in total. The summed E-state index contributed by atoms with van der Waals surface area (Å²) in [7, 11) is 1.75. The molecule has 3 rings (SSSR count). The van der Waals surface area contributed by atoms with Gasteiger partial charge in [0.25, 0.3) is 0 Å². The van der Waals surface area contributed by atoms with Crippen LogP contribution in [0.1, 0.15) is 40.0 Å². The van der Waals surface area contributed by atoms with Crippen LogP contribution in [-0.2, 0) is 9.53 Å². The Morgan fingerprint density at radius 1 is 1.35 bits per heavy atom. The first kappa shape index (κ1) is 12.1. The van der Waals surface area contributed by atoms with Gasteiger partial charge in [-0.2, -0.15) is 4.99 Å². The number of ether oxygens (including phenoxy) is 1. The minimum absolute atomic E-state index is 0.136. The lowest BCUT2D eigenvalue weighted by Gasteiger charge is -2.70. The maximum atomic E-state index is 11.9. The van der Waals surface area contributed by atoms with Gasteiger partial charge in [-0.1, -0.05) is 0 Å². The largest absolute Gasteiger partial charge is 0.444 e. The number of hydrogen-bond donors (Lipinski definition) is 0. The van der Waals surface area contributed by atoms with Crippen molar-refractivity contribution in [1.29, 1.82) is 0 Å². The third kappa shape index (κ3) is 1.84. The van der Waals surface area contributed by atoms with E-state index in [1.165, 1.54) is 0 Å². The smallest absolute Gasteiger partial charge is 0.410 e. The van der Waals surface area contributed by atoms with E-state index in [-0.39, 0.29) is 17.2 Å². The van der Waals surface area contributed by atoms with E-state index in [0.717, 1.165) is 19.3 Å². The van der Waals surface area contributed by atoms with Crippen LogP contribution in [0.3, 0.4) is 0 Å². The predicted octanol–water partition coefficient (Wildman–Crippen LogP) is 1.86. The number of aliphatic imine (C=N–C) groups is 1. The average Bonchev–Trinajstić information content (AvgIpc) is 2.04. The van der Waals surface area contributed by atoms with Crippen molar-refractivity contribution < 1.29 is 14.3 Å². The van der Waals surface area contributed by atoms with Gasteiger partial charge in [-0.15, -0.1) is 0 Å². The van der Waals surface area contributed by atoms with Gasteiger partial charge in [0, 0.05) is 7.05 Å². The van der Waals surface area contributed by atoms with Crippen molar-refractivity contribution >= 4 is 12.2 Å². The molecule has 3 aliphatic carbocycles. The van der Waals surface area contributed by atoms with E-state index in [2.05, 4.69) is 4.99 Å². The zero-order valence-electron chi connectivity index (χ0n) is 10.7. The highest BCUT2D eigenvalue weighted by molar-refractivity contribution is 5.70. The van der Waals surface area contributed by atoms with E-state index in [0.29, 0.717) is 0 Å². The second-order valence-corrected chi connectivity index (χ2v) is 6.22. The van der Waals surface area contributed by atoms with Crippen molar-refractivity contribution in [2.75, 3.05) is 7.05 Å². The monoisotopic (exact) mass is 238 g/mol. The Morgan fingerprint density at radius 2 is 1.88 bits per heavy atom. The molecule has 5 nitrogen and oxygen atoms in total. The molecule has 0 atom stereocenters. The van der Waals surface area contributed by atoms with Crippen LogP contribution in [0, 0.1) is 0 Å². The summed E-state index contributed by atoms with van der Waals surface area (Å²) in [5, 5.41) is 0. The van der Waals surface area contributed by atoms with Crippen LogP contribution < -0.4 is 0 Å². The molecule has 17 heavy (non-hydrogen) atoms. The normalized spacial score (nSPS) is 33.9. The van der Waals surface area contributed by atoms with E-state index in [1.54, 1.807) is 18.0 Å². The number of isocyanates is 1.